The molecule has 0 saturated carbocycles. The first-order chi connectivity index (χ1) is 8.77. The SMILES string of the molecule is C[C@@H](N)C(=O)Nc1ccc2oc(C(F)(F)F)nc2c1. The second-order valence-electron chi connectivity index (χ2n) is 3.98. The number of nitrogens with zero attached hydrogens (tertiary/aromatic N) is 1. The number of hydrogen-bond donors (Lipinski definition) is 2. The summed E-state index contributed by atoms with van der Waals surface area (Å²) in [7, 11) is 0. The Balaban J connectivity index is 2.33. The quantitative estimate of drug-likeness (QED) is 0.878. The minimum absolute atomic E-state index is 0.00822. The van der Waals surface area contributed by atoms with Gasteiger partial charge in [-0.3, -0.25) is 4.79 Å². The summed E-state index contributed by atoms with van der Waals surface area (Å²) in [5, 5.41) is 2.45. The molecule has 5 nitrogen and oxygen atoms in total. The number of oxazole rings is 1. The molecule has 102 valence electrons. The highest BCUT2D eigenvalue weighted by atomic mass is 19.4. The molecule has 0 saturated heterocycles. The lowest BCUT2D eigenvalue weighted by Crippen LogP contribution is -2.32. The second-order valence-corrected chi connectivity index (χ2v) is 3.98. The molecule has 0 fully saturated rings. The fourth-order valence-corrected chi connectivity index (χ4v) is 1.38. The molecule has 0 spiro atoms. The molecule has 2 aromatic rings. The van der Waals surface area contributed by atoms with Gasteiger partial charge in [-0.2, -0.15) is 13.2 Å². The number of rotatable bonds is 2. The van der Waals surface area contributed by atoms with Gasteiger partial charge < -0.3 is 15.5 Å². The summed E-state index contributed by atoms with van der Waals surface area (Å²) in [5.74, 6) is -1.77. The molecule has 0 bridgehead atoms. The summed E-state index contributed by atoms with van der Waals surface area (Å²) in [6, 6.07) is 3.27. The Kier molecular flexibility index (Phi) is 3.19. The lowest BCUT2D eigenvalue weighted by atomic mass is 10.2. The van der Waals surface area contributed by atoms with Crippen molar-refractivity contribution in [3.05, 3.63) is 24.1 Å². The van der Waals surface area contributed by atoms with Crippen molar-refractivity contribution < 1.29 is 22.4 Å². The highest BCUT2D eigenvalue weighted by molar-refractivity contribution is 5.95. The van der Waals surface area contributed by atoms with Crippen molar-refractivity contribution >= 4 is 22.7 Å². The van der Waals surface area contributed by atoms with Crippen LogP contribution in [0.3, 0.4) is 0 Å². The summed E-state index contributed by atoms with van der Waals surface area (Å²) in [6.45, 7) is 1.49. The van der Waals surface area contributed by atoms with Gasteiger partial charge in [0, 0.05) is 5.69 Å². The van der Waals surface area contributed by atoms with Gasteiger partial charge in [0.25, 0.3) is 0 Å². The van der Waals surface area contributed by atoms with Crippen molar-refractivity contribution in [3.63, 3.8) is 0 Å². The summed E-state index contributed by atoms with van der Waals surface area (Å²) in [6.07, 6.45) is -4.64. The van der Waals surface area contributed by atoms with Crippen LogP contribution < -0.4 is 11.1 Å². The molecule has 19 heavy (non-hydrogen) atoms. The number of halogens is 3. The molecule has 2 rings (SSSR count). The number of amides is 1. The van der Waals surface area contributed by atoms with E-state index < -0.39 is 24.0 Å². The van der Waals surface area contributed by atoms with E-state index in [9.17, 15) is 18.0 Å². The van der Waals surface area contributed by atoms with Crippen LogP contribution >= 0.6 is 0 Å². The van der Waals surface area contributed by atoms with Gasteiger partial charge in [0.2, 0.25) is 5.91 Å². The first-order valence-corrected chi connectivity index (χ1v) is 5.31. The molecular weight excluding hydrogens is 263 g/mol. The normalized spacial score (nSPS) is 13.5. The fraction of sp³-hybridized carbons (Fsp3) is 0.273. The molecule has 1 aromatic heterocycles. The van der Waals surface area contributed by atoms with Gasteiger partial charge in [-0.25, -0.2) is 4.98 Å². The van der Waals surface area contributed by atoms with Crippen molar-refractivity contribution in [2.75, 3.05) is 5.32 Å². The molecule has 0 unspecified atom stereocenters. The molecule has 3 N–H and O–H groups in total. The van der Waals surface area contributed by atoms with Crippen LogP contribution in [0.5, 0.6) is 0 Å². The third-order valence-corrected chi connectivity index (χ3v) is 2.31. The van der Waals surface area contributed by atoms with E-state index in [1.807, 2.05) is 0 Å². The predicted molar refractivity (Wildman–Crippen MR) is 61.3 cm³/mol. The molecule has 0 radical (unpaired) electrons. The van der Waals surface area contributed by atoms with E-state index in [4.69, 9.17) is 5.73 Å². The maximum absolute atomic E-state index is 12.4. The van der Waals surface area contributed by atoms with Crippen LogP contribution in [0.2, 0.25) is 0 Å². The summed E-state index contributed by atoms with van der Waals surface area (Å²) in [5.41, 5.74) is 5.67. The number of aromatic nitrogens is 1. The number of benzene rings is 1. The van der Waals surface area contributed by atoms with Gasteiger partial charge in [0.05, 0.1) is 6.04 Å². The van der Waals surface area contributed by atoms with Crippen LogP contribution in [0.15, 0.2) is 22.6 Å². The monoisotopic (exact) mass is 273 g/mol. The van der Waals surface area contributed by atoms with Crippen LogP contribution in [0.4, 0.5) is 18.9 Å². The first-order valence-electron chi connectivity index (χ1n) is 5.31. The van der Waals surface area contributed by atoms with E-state index in [0.717, 1.165) is 0 Å². The maximum Gasteiger partial charge on any atom is 0.468 e. The molecular formula is C11H10F3N3O2. The molecule has 1 heterocycles. The number of fused-ring (bicyclic) bond motifs is 1. The Hall–Kier alpha value is -2.09. The lowest BCUT2D eigenvalue weighted by Gasteiger charge is -2.06. The van der Waals surface area contributed by atoms with E-state index in [0.29, 0.717) is 5.69 Å². The van der Waals surface area contributed by atoms with Gasteiger partial charge in [0.1, 0.15) is 5.52 Å². The maximum atomic E-state index is 12.4. The third-order valence-electron chi connectivity index (χ3n) is 2.31. The van der Waals surface area contributed by atoms with E-state index in [1.165, 1.54) is 25.1 Å². The van der Waals surface area contributed by atoms with Gasteiger partial charge in [-0.15, -0.1) is 0 Å². The van der Waals surface area contributed by atoms with E-state index >= 15 is 0 Å². The Bertz CT molecular complexity index is 619. The molecule has 0 aliphatic rings. The number of nitrogens with one attached hydrogen (secondary N) is 1. The highest BCUT2D eigenvalue weighted by Gasteiger charge is 2.37. The first kappa shape index (κ1) is 13.3. The average molecular weight is 273 g/mol. The summed E-state index contributed by atoms with van der Waals surface area (Å²) < 4.78 is 41.8. The topological polar surface area (TPSA) is 81.2 Å². The van der Waals surface area contributed by atoms with Gasteiger partial charge in [-0.1, -0.05) is 0 Å². The Morgan fingerprint density at radius 3 is 2.74 bits per heavy atom. The molecule has 0 aliphatic carbocycles. The molecule has 1 amide bonds. The van der Waals surface area contributed by atoms with Crippen molar-refractivity contribution in [1.82, 2.24) is 4.98 Å². The van der Waals surface area contributed by atoms with Crippen LogP contribution in [0, 0.1) is 0 Å². The van der Waals surface area contributed by atoms with Crippen molar-refractivity contribution in [1.29, 1.82) is 0 Å². The van der Waals surface area contributed by atoms with Crippen LogP contribution in [-0.2, 0) is 11.0 Å². The number of carbonyl (C=O) groups excluding carboxylic acids is 1. The van der Waals surface area contributed by atoms with Crippen LogP contribution in [0.25, 0.3) is 11.1 Å². The van der Waals surface area contributed by atoms with Crippen LogP contribution in [0.1, 0.15) is 12.8 Å². The van der Waals surface area contributed by atoms with Crippen molar-refractivity contribution in [2.45, 2.75) is 19.1 Å². The third kappa shape index (κ3) is 2.84. The second kappa shape index (κ2) is 4.54. The fourth-order valence-electron chi connectivity index (χ4n) is 1.38. The lowest BCUT2D eigenvalue weighted by molar-refractivity contribution is -0.156. The Labute approximate surface area is 105 Å². The number of carbonyl (C=O) groups is 1. The van der Waals surface area contributed by atoms with Gasteiger partial charge >= 0.3 is 12.1 Å². The van der Waals surface area contributed by atoms with Crippen molar-refractivity contribution in [2.24, 2.45) is 5.73 Å². The number of anilines is 1. The largest absolute Gasteiger partial charge is 0.468 e. The minimum atomic E-state index is -4.64. The van der Waals surface area contributed by atoms with E-state index in [-0.39, 0.29) is 11.1 Å². The average Bonchev–Trinajstić information content (AvgIpc) is 2.71. The van der Waals surface area contributed by atoms with Gasteiger partial charge in [-0.05, 0) is 25.1 Å². The van der Waals surface area contributed by atoms with E-state index in [1.54, 1.807) is 0 Å². The zero-order chi connectivity index (χ0) is 14.2. The smallest absolute Gasteiger partial charge is 0.433 e. The molecule has 1 aromatic carbocycles. The Morgan fingerprint density at radius 1 is 1.47 bits per heavy atom. The van der Waals surface area contributed by atoms with E-state index in [2.05, 4.69) is 14.7 Å². The van der Waals surface area contributed by atoms with Gasteiger partial charge in [0.15, 0.2) is 5.58 Å². The summed E-state index contributed by atoms with van der Waals surface area (Å²) in [4.78, 5) is 14.7. The summed E-state index contributed by atoms with van der Waals surface area (Å²) >= 11 is 0. The van der Waals surface area contributed by atoms with Crippen LogP contribution in [-0.4, -0.2) is 16.9 Å². The minimum Gasteiger partial charge on any atom is -0.433 e. The Morgan fingerprint density at radius 2 is 2.16 bits per heavy atom. The predicted octanol–water partition coefficient (Wildman–Crippen LogP) is 2.13. The molecule has 0 aliphatic heterocycles. The standard InChI is InChI=1S/C11H10F3N3O2/c1-5(15)9(18)16-6-2-3-8-7(4-6)17-10(19-8)11(12,13)14/h2-5H,15H2,1H3,(H,16,18)/t5-/m1/s1. The molecule has 1 atom stereocenters. The number of nitrogens with two attached hydrogens (primary N) is 1. The zero-order valence-electron chi connectivity index (χ0n) is 9.78. The number of alkyl halides is 3. The number of hydrogen-bond acceptors (Lipinski definition) is 4. The molecule has 8 heteroatoms. The van der Waals surface area contributed by atoms with Crippen molar-refractivity contribution in [3.8, 4) is 0 Å². The highest BCUT2D eigenvalue weighted by Crippen LogP contribution is 2.31. The zero-order valence-corrected chi connectivity index (χ0v) is 9.78.